The maximum Gasteiger partial charge on any atom is 0.262 e. The minimum Gasteiger partial charge on any atom is -0.490 e. The van der Waals surface area contributed by atoms with Gasteiger partial charge in [0.1, 0.15) is 11.3 Å². The molecule has 0 fully saturated rings. The molecule has 2 aromatic carbocycles. The number of rotatable bonds is 8. The Bertz CT molecular complexity index is 922. The number of pyridine rings is 1. The third kappa shape index (κ3) is 4.67. The Labute approximate surface area is 158 Å². The first kappa shape index (κ1) is 18.5. The third-order valence-corrected chi connectivity index (χ3v) is 3.78. The SMILES string of the molecule is CCOc1ccc(NC(=O)COc2cccc3cccnc23)cc1OCC. The predicted octanol–water partition coefficient (Wildman–Crippen LogP) is 4.05. The van der Waals surface area contributed by atoms with Crippen LogP contribution in [0.4, 0.5) is 5.69 Å². The van der Waals surface area contributed by atoms with Crippen LogP contribution in [-0.4, -0.2) is 30.7 Å². The summed E-state index contributed by atoms with van der Waals surface area (Å²) in [5, 5.41) is 3.77. The zero-order valence-electron chi connectivity index (χ0n) is 15.4. The van der Waals surface area contributed by atoms with Gasteiger partial charge in [-0.15, -0.1) is 0 Å². The first-order valence-corrected chi connectivity index (χ1v) is 8.87. The number of hydrogen-bond donors (Lipinski definition) is 1. The van der Waals surface area contributed by atoms with Crippen LogP contribution < -0.4 is 19.5 Å². The minimum atomic E-state index is -0.269. The quantitative estimate of drug-likeness (QED) is 0.651. The van der Waals surface area contributed by atoms with E-state index in [2.05, 4.69) is 10.3 Å². The number of para-hydroxylation sites is 1. The van der Waals surface area contributed by atoms with Crippen LogP contribution in [0.2, 0.25) is 0 Å². The fourth-order valence-electron chi connectivity index (χ4n) is 2.66. The van der Waals surface area contributed by atoms with E-state index in [0.717, 1.165) is 10.9 Å². The second-order valence-corrected chi connectivity index (χ2v) is 5.70. The van der Waals surface area contributed by atoms with Gasteiger partial charge in [-0.2, -0.15) is 0 Å². The summed E-state index contributed by atoms with van der Waals surface area (Å²) in [6, 6.07) is 14.7. The van der Waals surface area contributed by atoms with Gasteiger partial charge in [-0.05, 0) is 38.1 Å². The molecule has 0 saturated heterocycles. The smallest absolute Gasteiger partial charge is 0.262 e. The molecular weight excluding hydrogens is 344 g/mol. The number of amides is 1. The molecule has 3 aromatic rings. The largest absolute Gasteiger partial charge is 0.490 e. The highest BCUT2D eigenvalue weighted by molar-refractivity contribution is 5.92. The van der Waals surface area contributed by atoms with Crippen molar-refractivity contribution in [2.75, 3.05) is 25.1 Å². The van der Waals surface area contributed by atoms with E-state index >= 15 is 0 Å². The number of anilines is 1. The van der Waals surface area contributed by atoms with Gasteiger partial charge in [0, 0.05) is 23.3 Å². The summed E-state index contributed by atoms with van der Waals surface area (Å²) < 4.78 is 16.8. The number of aromatic nitrogens is 1. The minimum absolute atomic E-state index is 0.118. The molecule has 0 bridgehead atoms. The number of nitrogens with one attached hydrogen (secondary N) is 1. The van der Waals surface area contributed by atoms with Gasteiger partial charge < -0.3 is 19.5 Å². The summed E-state index contributed by atoms with van der Waals surface area (Å²) in [7, 11) is 0. The highest BCUT2D eigenvalue weighted by Crippen LogP contribution is 2.30. The highest BCUT2D eigenvalue weighted by atomic mass is 16.5. The molecule has 0 aliphatic rings. The van der Waals surface area contributed by atoms with Crippen LogP contribution in [-0.2, 0) is 4.79 Å². The topological polar surface area (TPSA) is 69.7 Å². The van der Waals surface area contributed by atoms with Crippen LogP contribution in [0.25, 0.3) is 10.9 Å². The molecule has 1 amide bonds. The van der Waals surface area contributed by atoms with Gasteiger partial charge in [0.15, 0.2) is 18.1 Å². The Morgan fingerprint density at radius 3 is 2.52 bits per heavy atom. The first-order valence-electron chi connectivity index (χ1n) is 8.87. The number of nitrogens with zero attached hydrogens (tertiary/aromatic N) is 1. The van der Waals surface area contributed by atoms with Gasteiger partial charge in [0.05, 0.1) is 13.2 Å². The molecule has 0 spiro atoms. The standard InChI is InChI=1S/C21H22N2O4/c1-3-25-17-11-10-16(13-19(17)26-4-2)23-20(24)14-27-18-9-5-7-15-8-6-12-22-21(15)18/h5-13H,3-4,14H2,1-2H3,(H,23,24). The van der Waals surface area contributed by atoms with E-state index in [1.165, 1.54) is 0 Å². The van der Waals surface area contributed by atoms with Crippen molar-refractivity contribution in [3.8, 4) is 17.2 Å². The van der Waals surface area contributed by atoms with Gasteiger partial charge >= 0.3 is 0 Å². The number of benzene rings is 2. The summed E-state index contributed by atoms with van der Waals surface area (Å²) in [4.78, 5) is 16.6. The molecule has 1 N–H and O–H groups in total. The van der Waals surface area contributed by atoms with E-state index in [9.17, 15) is 4.79 Å². The van der Waals surface area contributed by atoms with E-state index in [0.29, 0.717) is 36.1 Å². The van der Waals surface area contributed by atoms with Crippen LogP contribution in [0.15, 0.2) is 54.7 Å². The van der Waals surface area contributed by atoms with Crippen molar-refractivity contribution in [3.63, 3.8) is 0 Å². The van der Waals surface area contributed by atoms with Crippen molar-refractivity contribution in [3.05, 3.63) is 54.7 Å². The fourth-order valence-corrected chi connectivity index (χ4v) is 2.66. The van der Waals surface area contributed by atoms with Gasteiger partial charge in [0.25, 0.3) is 5.91 Å². The molecule has 3 rings (SSSR count). The molecule has 6 heteroatoms. The lowest BCUT2D eigenvalue weighted by Crippen LogP contribution is -2.20. The average molecular weight is 366 g/mol. The lowest BCUT2D eigenvalue weighted by Gasteiger charge is -2.13. The van der Waals surface area contributed by atoms with Crippen molar-refractivity contribution in [2.45, 2.75) is 13.8 Å². The van der Waals surface area contributed by atoms with Gasteiger partial charge in [-0.25, -0.2) is 0 Å². The normalized spacial score (nSPS) is 10.4. The van der Waals surface area contributed by atoms with Crippen molar-refractivity contribution in [1.82, 2.24) is 4.98 Å². The van der Waals surface area contributed by atoms with Gasteiger partial charge in [0.2, 0.25) is 0 Å². The average Bonchev–Trinajstić information content (AvgIpc) is 2.68. The number of fused-ring (bicyclic) bond motifs is 1. The zero-order valence-corrected chi connectivity index (χ0v) is 15.4. The maximum absolute atomic E-state index is 12.3. The highest BCUT2D eigenvalue weighted by Gasteiger charge is 2.10. The third-order valence-electron chi connectivity index (χ3n) is 3.78. The lowest BCUT2D eigenvalue weighted by atomic mass is 10.2. The summed E-state index contributed by atoms with van der Waals surface area (Å²) in [6.07, 6.45) is 1.70. The fraction of sp³-hybridized carbons (Fsp3) is 0.238. The van der Waals surface area contributed by atoms with E-state index in [1.54, 1.807) is 30.5 Å². The van der Waals surface area contributed by atoms with Crippen LogP contribution in [0, 0.1) is 0 Å². The molecule has 6 nitrogen and oxygen atoms in total. The number of hydrogen-bond acceptors (Lipinski definition) is 5. The van der Waals surface area contributed by atoms with Gasteiger partial charge in [-0.1, -0.05) is 18.2 Å². The second kappa shape index (κ2) is 8.89. The van der Waals surface area contributed by atoms with Crippen molar-refractivity contribution < 1.29 is 19.0 Å². The van der Waals surface area contributed by atoms with E-state index < -0.39 is 0 Å². The molecule has 0 atom stereocenters. The monoisotopic (exact) mass is 366 g/mol. The van der Waals surface area contributed by atoms with E-state index in [4.69, 9.17) is 14.2 Å². The Balaban J connectivity index is 1.66. The van der Waals surface area contributed by atoms with Crippen LogP contribution >= 0.6 is 0 Å². The van der Waals surface area contributed by atoms with E-state index in [1.807, 2.05) is 38.1 Å². The molecule has 140 valence electrons. The second-order valence-electron chi connectivity index (χ2n) is 5.70. The molecule has 27 heavy (non-hydrogen) atoms. The molecule has 0 unspecified atom stereocenters. The van der Waals surface area contributed by atoms with Crippen molar-refractivity contribution >= 4 is 22.5 Å². The molecule has 1 heterocycles. The lowest BCUT2D eigenvalue weighted by molar-refractivity contribution is -0.118. The Kier molecular flexibility index (Phi) is 6.10. The molecular formula is C21H22N2O4. The molecule has 0 saturated carbocycles. The Morgan fingerprint density at radius 2 is 1.70 bits per heavy atom. The zero-order chi connectivity index (χ0) is 19.1. The number of carbonyl (C=O) groups excluding carboxylic acids is 1. The van der Waals surface area contributed by atoms with Crippen molar-refractivity contribution in [1.29, 1.82) is 0 Å². The van der Waals surface area contributed by atoms with Crippen LogP contribution in [0.5, 0.6) is 17.2 Å². The number of ether oxygens (including phenoxy) is 3. The van der Waals surface area contributed by atoms with Gasteiger partial charge in [-0.3, -0.25) is 9.78 Å². The van der Waals surface area contributed by atoms with Crippen LogP contribution in [0.3, 0.4) is 0 Å². The first-order chi connectivity index (χ1) is 13.2. The number of carbonyl (C=O) groups is 1. The summed E-state index contributed by atoms with van der Waals surface area (Å²) in [5.41, 5.74) is 1.35. The maximum atomic E-state index is 12.3. The Hall–Kier alpha value is -3.28. The summed E-state index contributed by atoms with van der Waals surface area (Å²) in [5.74, 6) is 1.55. The summed E-state index contributed by atoms with van der Waals surface area (Å²) in [6.45, 7) is 4.73. The van der Waals surface area contributed by atoms with Crippen LogP contribution in [0.1, 0.15) is 13.8 Å². The molecule has 0 aliphatic heterocycles. The molecule has 0 aliphatic carbocycles. The molecule has 1 aromatic heterocycles. The summed E-state index contributed by atoms with van der Waals surface area (Å²) >= 11 is 0. The Morgan fingerprint density at radius 1 is 0.926 bits per heavy atom. The van der Waals surface area contributed by atoms with E-state index in [-0.39, 0.29) is 12.5 Å². The predicted molar refractivity (Wildman–Crippen MR) is 105 cm³/mol. The van der Waals surface area contributed by atoms with Crippen molar-refractivity contribution in [2.24, 2.45) is 0 Å². The molecule has 0 radical (unpaired) electrons.